The topological polar surface area (TPSA) is 29.5 Å². The Hall–Kier alpha value is -1.02. The Labute approximate surface area is 111 Å². The molecule has 0 radical (unpaired) electrons. The molecule has 0 aliphatic carbocycles. The van der Waals surface area contributed by atoms with Crippen molar-refractivity contribution in [3.05, 3.63) is 29.8 Å². The summed E-state index contributed by atoms with van der Waals surface area (Å²) in [6, 6.07) is 8.35. The molecule has 0 fully saturated rings. The van der Waals surface area contributed by atoms with Gasteiger partial charge in [-0.1, -0.05) is 39.3 Å². The predicted octanol–water partition coefficient (Wildman–Crippen LogP) is 3.92. The van der Waals surface area contributed by atoms with Gasteiger partial charge in [0.25, 0.3) is 0 Å². The highest BCUT2D eigenvalue weighted by atomic mass is 16.5. The molecule has 0 amide bonds. The van der Waals surface area contributed by atoms with Gasteiger partial charge in [-0.05, 0) is 42.4 Å². The molecule has 0 spiro atoms. The van der Waals surface area contributed by atoms with E-state index < -0.39 is 0 Å². The first-order valence-electron chi connectivity index (χ1n) is 6.88. The minimum Gasteiger partial charge on any atom is -0.494 e. The third-order valence-electron chi connectivity index (χ3n) is 3.02. The van der Waals surface area contributed by atoms with Gasteiger partial charge >= 0.3 is 0 Å². The molecule has 0 atom stereocenters. The average Bonchev–Trinajstić information content (AvgIpc) is 2.33. The van der Waals surface area contributed by atoms with E-state index in [-0.39, 0.29) is 5.41 Å². The summed E-state index contributed by atoms with van der Waals surface area (Å²) in [4.78, 5) is 0. The van der Waals surface area contributed by atoms with Gasteiger partial charge in [0.15, 0.2) is 0 Å². The van der Waals surface area contributed by atoms with E-state index in [1.54, 1.807) is 0 Å². The molecule has 2 nitrogen and oxygen atoms in total. The van der Waals surface area contributed by atoms with Crippen molar-refractivity contribution in [2.24, 2.45) is 0 Å². The fraction of sp³-hybridized carbons (Fsp3) is 0.625. The summed E-state index contributed by atoms with van der Waals surface area (Å²) in [5, 5.41) is 8.68. The average molecular weight is 250 g/mol. The minimum absolute atomic E-state index is 0.167. The third kappa shape index (κ3) is 5.54. The number of ether oxygens (including phenoxy) is 1. The quantitative estimate of drug-likeness (QED) is 0.743. The van der Waals surface area contributed by atoms with Crippen molar-refractivity contribution in [1.82, 2.24) is 0 Å². The van der Waals surface area contributed by atoms with E-state index in [9.17, 15) is 0 Å². The van der Waals surface area contributed by atoms with Crippen LogP contribution in [-0.2, 0) is 5.41 Å². The van der Waals surface area contributed by atoms with Crippen LogP contribution in [0.1, 0.15) is 52.0 Å². The van der Waals surface area contributed by atoms with Crippen LogP contribution in [-0.4, -0.2) is 18.3 Å². The molecule has 0 bridgehead atoms. The zero-order valence-electron chi connectivity index (χ0n) is 11.9. The molecule has 1 aromatic carbocycles. The molecule has 0 saturated heterocycles. The smallest absolute Gasteiger partial charge is 0.119 e. The molecule has 0 saturated carbocycles. The lowest BCUT2D eigenvalue weighted by atomic mass is 9.87. The van der Waals surface area contributed by atoms with Crippen molar-refractivity contribution in [2.75, 3.05) is 13.2 Å². The van der Waals surface area contributed by atoms with E-state index >= 15 is 0 Å². The molecule has 1 aromatic rings. The summed E-state index contributed by atoms with van der Waals surface area (Å²) in [6.07, 6.45) is 4.17. The zero-order chi connectivity index (χ0) is 13.4. The first-order valence-corrected chi connectivity index (χ1v) is 6.88. The maximum Gasteiger partial charge on any atom is 0.119 e. The van der Waals surface area contributed by atoms with Gasteiger partial charge in [0.2, 0.25) is 0 Å². The Balaban J connectivity index is 2.34. The highest BCUT2D eigenvalue weighted by Gasteiger charge is 2.13. The summed E-state index contributed by atoms with van der Waals surface area (Å²) in [5.74, 6) is 0.963. The van der Waals surface area contributed by atoms with E-state index in [2.05, 4.69) is 39.0 Å². The van der Waals surface area contributed by atoms with Gasteiger partial charge in [0.1, 0.15) is 5.75 Å². The van der Waals surface area contributed by atoms with Crippen LogP contribution in [0.3, 0.4) is 0 Å². The van der Waals surface area contributed by atoms with Crippen LogP contribution in [0.25, 0.3) is 0 Å². The Kier molecular flexibility index (Phi) is 6.20. The fourth-order valence-corrected chi connectivity index (χ4v) is 1.81. The van der Waals surface area contributed by atoms with E-state index in [1.165, 1.54) is 5.56 Å². The monoisotopic (exact) mass is 250 g/mol. The van der Waals surface area contributed by atoms with Gasteiger partial charge in [-0.2, -0.15) is 0 Å². The molecular weight excluding hydrogens is 224 g/mol. The van der Waals surface area contributed by atoms with Crippen LogP contribution in [0.4, 0.5) is 0 Å². The van der Waals surface area contributed by atoms with Crippen molar-refractivity contribution in [3.63, 3.8) is 0 Å². The molecule has 0 aliphatic heterocycles. The van der Waals surface area contributed by atoms with Crippen LogP contribution in [0.15, 0.2) is 24.3 Å². The van der Waals surface area contributed by atoms with Gasteiger partial charge < -0.3 is 9.84 Å². The highest BCUT2D eigenvalue weighted by Crippen LogP contribution is 2.25. The molecule has 0 aromatic heterocycles. The van der Waals surface area contributed by atoms with Crippen molar-refractivity contribution in [1.29, 1.82) is 0 Å². The highest BCUT2D eigenvalue weighted by molar-refractivity contribution is 5.32. The minimum atomic E-state index is 0.167. The third-order valence-corrected chi connectivity index (χ3v) is 3.02. The second-order valence-corrected chi connectivity index (χ2v) is 5.76. The van der Waals surface area contributed by atoms with Crippen LogP contribution in [0.2, 0.25) is 0 Å². The summed E-state index contributed by atoms with van der Waals surface area (Å²) in [5.41, 5.74) is 1.47. The van der Waals surface area contributed by atoms with Gasteiger partial charge in [0, 0.05) is 6.61 Å². The number of unbranched alkanes of at least 4 members (excludes halogenated alkanes) is 3. The summed E-state index contributed by atoms with van der Waals surface area (Å²) in [7, 11) is 0. The molecule has 102 valence electrons. The largest absolute Gasteiger partial charge is 0.494 e. The van der Waals surface area contributed by atoms with E-state index in [0.717, 1.165) is 38.0 Å². The standard InChI is InChI=1S/C16H26O2/c1-16(2,3)14-9-8-10-15(13-14)18-12-7-5-4-6-11-17/h8-10,13,17H,4-7,11-12H2,1-3H3. The van der Waals surface area contributed by atoms with Crippen molar-refractivity contribution in [2.45, 2.75) is 51.9 Å². The van der Waals surface area contributed by atoms with Crippen molar-refractivity contribution < 1.29 is 9.84 Å². The number of benzene rings is 1. The van der Waals surface area contributed by atoms with Crippen molar-refractivity contribution >= 4 is 0 Å². The molecule has 1 rings (SSSR count). The first-order chi connectivity index (χ1) is 8.54. The second kappa shape index (κ2) is 7.42. The number of rotatable bonds is 7. The molecule has 0 unspecified atom stereocenters. The summed E-state index contributed by atoms with van der Waals surface area (Å²) in [6.45, 7) is 7.69. The van der Waals surface area contributed by atoms with Gasteiger partial charge in [-0.3, -0.25) is 0 Å². The maximum atomic E-state index is 8.68. The lowest BCUT2D eigenvalue weighted by Crippen LogP contribution is -2.11. The Morgan fingerprint density at radius 3 is 2.44 bits per heavy atom. The molecule has 1 N–H and O–H groups in total. The number of aliphatic hydroxyl groups excluding tert-OH is 1. The first kappa shape index (κ1) is 15.0. The van der Waals surface area contributed by atoms with Gasteiger partial charge in [-0.25, -0.2) is 0 Å². The Bertz CT molecular complexity index is 339. The number of aliphatic hydroxyl groups is 1. The van der Waals surface area contributed by atoms with E-state index in [4.69, 9.17) is 9.84 Å². The molecule has 0 heterocycles. The summed E-state index contributed by atoms with van der Waals surface area (Å²) >= 11 is 0. The number of hydrogen-bond acceptors (Lipinski definition) is 2. The van der Waals surface area contributed by atoms with Crippen LogP contribution >= 0.6 is 0 Å². The lowest BCUT2D eigenvalue weighted by molar-refractivity contribution is 0.273. The molecule has 2 heteroatoms. The molecular formula is C16H26O2. The molecule has 18 heavy (non-hydrogen) atoms. The van der Waals surface area contributed by atoms with Gasteiger partial charge in [-0.15, -0.1) is 0 Å². The van der Waals surface area contributed by atoms with Gasteiger partial charge in [0.05, 0.1) is 6.61 Å². The van der Waals surface area contributed by atoms with Crippen LogP contribution in [0.5, 0.6) is 5.75 Å². The molecule has 0 aliphatic rings. The normalized spacial score (nSPS) is 11.6. The predicted molar refractivity (Wildman–Crippen MR) is 76.2 cm³/mol. The fourth-order valence-electron chi connectivity index (χ4n) is 1.81. The van der Waals surface area contributed by atoms with Crippen molar-refractivity contribution in [3.8, 4) is 5.75 Å². The van der Waals surface area contributed by atoms with Crippen LogP contribution < -0.4 is 4.74 Å². The Morgan fingerprint density at radius 1 is 1.06 bits per heavy atom. The Morgan fingerprint density at radius 2 is 1.78 bits per heavy atom. The number of hydrogen-bond donors (Lipinski definition) is 1. The lowest BCUT2D eigenvalue weighted by Gasteiger charge is -2.19. The summed E-state index contributed by atoms with van der Waals surface area (Å²) < 4.78 is 5.76. The maximum absolute atomic E-state index is 8.68. The second-order valence-electron chi connectivity index (χ2n) is 5.76. The SMILES string of the molecule is CC(C)(C)c1cccc(OCCCCCCO)c1. The van der Waals surface area contributed by atoms with E-state index in [0.29, 0.717) is 6.61 Å². The van der Waals surface area contributed by atoms with E-state index in [1.807, 2.05) is 6.07 Å². The van der Waals surface area contributed by atoms with Crippen LogP contribution in [0, 0.1) is 0 Å². The zero-order valence-corrected chi connectivity index (χ0v) is 11.9.